The number of rotatable bonds is 2. The minimum Gasteiger partial charge on any atom is -0.444 e. The van der Waals surface area contributed by atoms with Gasteiger partial charge in [-0.1, -0.05) is 0 Å². The third kappa shape index (κ3) is 4.29. The minimum atomic E-state index is -0.533. The monoisotopic (exact) mass is 386 g/mol. The average molecular weight is 386 g/mol. The molecule has 0 unspecified atom stereocenters. The van der Waals surface area contributed by atoms with E-state index in [1.807, 2.05) is 32.6 Å². The topological polar surface area (TPSA) is 93.5 Å². The highest BCUT2D eigenvalue weighted by molar-refractivity contribution is 5.68. The summed E-state index contributed by atoms with van der Waals surface area (Å²) in [6.45, 7) is 9.08. The summed E-state index contributed by atoms with van der Waals surface area (Å²) >= 11 is 0. The molecule has 1 aliphatic rings. The fourth-order valence-electron chi connectivity index (χ4n) is 3.10. The Labute approximate surface area is 164 Å². The Hall–Kier alpha value is -2.97. The lowest BCUT2D eigenvalue weighted by Gasteiger charge is -2.41. The first kappa shape index (κ1) is 19.8. The molecule has 1 amide bonds. The summed E-state index contributed by atoms with van der Waals surface area (Å²) in [6.07, 6.45) is 2.72. The first-order valence-electron chi connectivity index (χ1n) is 9.25. The van der Waals surface area contributed by atoms with Crippen molar-refractivity contribution in [2.45, 2.75) is 39.3 Å². The second-order valence-corrected chi connectivity index (χ2v) is 7.90. The van der Waals surface area contributed by atoms with Gasteiger partial charge in [0.15, 0.2) is 0 Å². The molecule has 9 heteroatoms. The molecule has 3 rings (SSSR count). The molecule has 1 atom stereocenters. The molecule has 0 aliphatic carbocycles. The van der Waals surface area contributed by atoms with Crippen molar-refractivity contribution >= 4 is 12.0 Å². The highest BCUT2D eigenvalue weighted by Crippen LogP contribution is 2.21. The quantitative estimate of drug-likeness (QED) is 0.775. The van der Waals surface area contributed by atoms with E-state index in [1.165, 1.54) is 17.0 Å². The lowest BCUT2D eigenvalue weighted by molar-refractivity contribution is 0.0217. The van der Waals surface area contributed by atoms with Crippen LogP contribution in [0, 0.1) is 0 Å². The molecule has 0 radical (unpaired) electrons. The first-order chi connectivity index (χ1) is 13.2. The predicted molar refractivity (Wildman–Crippen MR) is 105 cm³/mol. The van der Waals surface area contributed by atoms with Crippen molar-refractivity contribution in [3.63, 3.8) is 0 Å². The van der Waals surface area contributed by atoms with Crippen molar-refractivity contribution in [1.29, 1.82) is 0 Å². The van der Waals surface area contributed by atoms with Crippen LogP contribution in [0.4, 0.5) is 10.7 Å². The number of ether oxygens (including phenoxy) is 1. The van der Waals surface area contributed by atoms with Gasteiger partial charge in [-0.15, -0.1) is 0 Å². The van der Waals surface area contributed by atoms with E-state index < -0.39 is 5.60 Å². The van der Waals surface area contributed by atoms with Gasteiger partial charge in [-0.2, -0.15) is 0 Å². The summed E-state index contributed by atoms with van der Waals surface area (Å²) < 4.78 is 6.99. The van der Waals surface area contributed by atoms with Crippen LogP contribution in [0.5, 0.6) is 0 Å². The molecule has 1 fully saturated rings. The van der Waals surface area contributed by atoms with Crippen LogP contribution in [0.1, 0.15) is 27.7 Å². The molecule has 28 heavy (non-hydrogen) atoms. The van der Waals surface area contributed by atoms with Crippen LogP contribution in [-0.2, 0) is 11.8 Å². The SMILES string of the molecule is C[C@@H]1CN(C(=O)OC(C)(C)C)CCN1c1nc(-c2ccncn2)cc(=O)n1C. The van der Waals surface area contributed by atoms with Crippen molar-refractivity contribution in [2.75, 3.05) is 24.5 Å². The largest absolute Gasteiger partial charge is 0.444 e. The van der Waals surface area contributed by atoms with Crippen LogP contribution in [0.2, 0.25) is 0 Å². The lowest BCUT2D eigenvalue weighted by atomic mass is 10.2. The number of piperazine rings is 1. The van der Waals surface area contributed by atoms with Gasteiger partial charge in [0, 0.05) is 45.0 Å². The molecule has 3 heterocycles. The van der Waals surface area contributed by atoms with E-state index in [0.29, 0.717) is 37.0 Å². The highest BCUT2D eigenvalue weighted by atomic mass is 16.6. The second-order valence-electron chi connectivity index (χ2n) is 7.90. The maximum Gasteiger partial charge on any atom is 0.410 e. The van der Waals surface area contributed by atoms with Gasteiger partial charge in [-0.3, -0.25) is 9.36 Å². The first-order valence-corrected chi connectivity index (χ1v) is 9.25. The standard InChI is InChI=1S/C19H26N6O3/c1-13-11-24(18(27)28-19(2,3)4)8-9-25(13)17-22-15(10-16(26)23(17)5)14-6-7-20-12-21-14/h6-7,10,12-13H,8-9,11H2,1-5H3/t13-/m1/s1. The Bertz CT molecular complexity index is 906. The molecule has 0 bridgehead atoms. The van der Waals surface area contributed by atoms with E-state index in [2.05, 4.69) is 15.0 Å². The molecular formula is C19H26N6O3. The van der Waals surface area contributed by atoms with E-state index in [-0.39, 0.29) is 17.7 Å². The van der Waals surface area contributed by atoms with Crippen molar-refractivity contribution < 1.29 is 9.53 Å². The summed E-state index contributed by atoms with van der Waals surface area (Å²) in [6, 6.07) is 3.16. The van der Waals surface area contributed by atoms with Crippen LogP contribution >= 0.6 is 0 Å². The molecule has 1 saturated heterocycles. The van der Waals surface area contributed by atoms with E-state index in [1.54, 1.807) is 24.2 Å². The Balaban J connectivity index is 1.84. The molecule has 2 aromatic heterocycles. The van der Waals surface area contributed by atoms with Crippen LogP contribution in [0.15, 0.2) is 29.5 Å². The molecule has 0 saturated carbocycles. The van der Waals surface area contributed by atoms with Crippen LogP contribution < -0.4 is 10.5 Å². The highest BCUT2D eigenvalue weighted by Gasteiger charge is 2.31. The van der Waals surface area contributed by atoms with Crippen LogP contribution in [-0.4, -0.2) is 61.8 Å². The molecule has 0 spiro atoms. The Morgan fingerprint density at radius 2 is 2.00 bits per heavy atom. The molecular weight excluding hydrogens is 360 g/mol. The van der Waals surface area contributed by atoms with E-state index >= 15 is 0 Å². The summed E-state index contributed by atoms with van der Waals surface area (Å²) in [7, 11) is 1.70. The van der Waals surface area contributed by atoms with Crippen molar-refractivity contribution in [3.05, 3.63) is 35.0 Å². The molecule has 0 N–H and O–H groups in total. The van der Waals surface area contributed by atoms with Gasteiger partial charge in [-0.25, -0.2) is 19.7 Å². The van der Waals surface area contributed by atoms with Crippen molar-refractivity contribution in [3.8, 4) is 11.4 Å². The maximum absolute atomic E-state index is 12.5. The minimum absolute atomic E-state index is 0.0278. The summed E-state index contributed by atoms with van der Waals surface area (Å²) in [5, 5.41) is 0. The third-order valence-electron chi connectivity index (χ3n) is 4.49. The van der Waals surface area contributed by atoms with Crippen molar-refractivity contribution in [2.24, 2.45) is 7.05 Å². The van der Waals surface area contributed by atoms with Gasteiger partial charge < -0.3 is 14.5 Å². The van der Waals surface area contributed by atoms with Gasteiger partial charge >= 0.3 is 6.09 Å². The van der Waals surface area contributed by atoms with E-state index in [9.17, 15) is 9.59 Å². The predicted octanol–water partition coefficient (Wildman–Crippen LogP) is 1.68. The summed E-state index contributed by atoms with van der Waals surface area (Å²) in [5.41, 5.74) is 0.395. The normalized spacial score (nSPS) is 17.5. The zero-order valence-corrected chi connectivity index (χ0v) is 16.9. The second kappa shape index (κ2) is 7.57. The molecule has 2 aromatic rings. The summed E-state index contributed by atoms with van der Waals surface area (Å²) in [4.78, 5) is 41.3. The van der Waals surface area contributed by atoms with E-state index in [4.69, 9.17) is 4.74 Å². The maximum atomic E-state index is 12.5. The number of aromatic nitrogens is 4. The Morgan fingerprint density at radius 1 is 1.25 bits per heavy atom. The van der Waals surface area contributed by atoms with Gasteiger partial charge in [-0.05, 0) is 33.8 Å². The number of hydrogen-bond donors (Lipinski definition) is 0. The van der Waals surface area contributed by atoms with Gasteiger partial charge in [0.25, 0.3) is 5.56 Å². The number of nitrogens with zero attached hydrogens (tertiary/aromatic N) is 6. The Kier molecular flexibility index (Phi) is 5.35. The zero-order valence-electron chi connectivity index (χ0n) is 16.9. The molecule has 150 valence electrons. The van der Waals surface area contributed by atoms with E-state index in [0.717, 1.165) is 0 Å². The number of hydrogen-bond acceptors (Lipinski definition) is 7. The van der Waals surface area contributed by atoms with Gasteiger partial charge in [0.05, 0.1) is 11.4 Å². The zero-order chi connectivity index (χ0) is 20.5. The smallest absolute Gasteiger partial charge is 0.410 e. The lowest BCUT2D eigenvalue weighted by Crippen LogP contribution is -2.55. The van der Waals surface area contributed by atoms with Crippen molar-refractivity contribution in [1.82, 2.24) is 24.4 Å². The number of anilines is 1. The number of carbonyl (C=O) groups excluding carboxylic acids is 1. The van der Waals surface area contributed by atoms with Gasteiger partial charge in [0.1, 0.15) is 11.9 Å². The molecule has 0 aromatic carbocycles. The fraction of sp³-hybridized carbons (Fsp3) is 0.526. The number of amides is 1. The van der Waals surface area contributed by atoms with Crippen LogP contribution in [0.3, 0.4) is 0 Å². The Morgan fingerprint density at radius 3 is 2.61 bits per heavy atom. The average Bonchev–Trinajstić information content (AvgIpc) is 2.63. The fourth-order valence-corrected chi connectivity index (χ4v) is 3.10. The summed E-state index contributed by atoms with van der Waals surface area (Å²) in [5.74, 6) is 0.553. The third-order valence-corrected chi connectivity index (χ3v) is 4.49. The van der Waals surface area contributed by atoms with Gasteiger partial charge in [0.2, 0.25) is 5.95 Å². The molecule has 9 nitrogen and oxygen atoms in total. The number of carbonyl (C=O) groups is 1. The van der Waals surface area contributed by atoms with Crippen LogP contribution in [0.25, 0.3) is 11.4 Å². The molecule has 1 aliphatic heterocycles.